The Labute approximate surface area is 187 Å². The zero-order chi connectivity index (χ0) is 23.1. The van der Waals surface area contributed by atoms with Crippen LogP contribution in [0.4, 0.5) is 5.82 Å². The van der Waals surface area contributed by atoms with Crippen molar-refractivity contribution in [3.05, 3.63) is 70.7 Å². The number of pyridine rings is 1. The van der Waals surface area contributed by atoms with Crippen LogP contribution >= 0.6 is 0 Å². The van der Waals surface area contributed by atoms with E-state index in [1.54, 1.807) is 19.4 Å². The molecule has 8 heteroatoms. The molecular formula is C24H28N4O4. The van der Waals surface area contributed by atoms with Gasteiger partial charge in [0.15, 0.2) is 11.5 Å². The molecule has 0 radical (unpaired) electrons. The summed E-state index contributed by atoms with van der Waals surface area (Å²) in [6.45, 7) is 4.46. The molecule has 0 aliphatic rings. The lowest BCUT2D eigenvalue weighted by Gasteiger charge is -2.11. The number of carbonyl (C=O) groups is 1. The largest absolute Gasteiger partial charge is 0.493 e. The van der Waals surface area contributed by atoms with Crippen LogP contribution in [0.25, 0.3) is 6.08 Å². The van der Waals surface area contributed by atoms with Gasteiger partial charge >= 0.3 is 0 Å². The average molecular weight is 437 g/mol. The topological polar surface area (TPSA) is 89.7 Å². The standard InChI is InChI=1S/C24H28N4O4/c1-16-20(17(2)32-27-16)15-31-21-9-6-18(12-22(21)30-5)8-11-24(29)26-14-19-7-10-23(25-13-19)28(3)4/h6-13H,14-15H2,1-5H3,(H,26,29)/b11-8+. The van der Waals surface area contributed by atoms with Gasteiger partial charge in [0.1, 0.15) is 18.2 Å². The van der Waals surface area contributed by atoms with Crippen molar-refractivity contribution >= 4 is 17.8 Å². The smallest absolute Gasteiger partial charge is 0.244 e. The number of nitrogens with zero attached hydrogens (tertiary/aromatic N) is 3. The predicted molar refractivity (Wildman–Crippen MR) is 123 cm³/mol. The molecule has 0 bridgehead atoms. The lowest BCUT2D eigenvalue weighted by atomic mass is 10.1. The lowest BCUT2D eigenvalue weighted by molar-refractivity contribution is -0.116. The van der Waals surface area contributed by atoms with Gasteiger partial charge < -0.3 is 24.2 Å². The van der Waals surface area contributed by atoms with Crippen LogP contribution in [0.3, 0.4) is 0 Å². The van der Waals surface area contributed by atoms with E-state index < -0.39 is 0 Å². The third kappa shape index (κ3) is 5.87. The van der Waals surface area contributed by atoms with Crippen molar-refractivity contribution in [1.29, 1.82) is 0 Å². The van der Waals surface area contributed by atoms with Crippen molar-refractivity contribution < 1.29 is 18.8 Å². The first-order valence-electron chi connectivity index (χ1n) is 10.2. The van der Waals surface area contributed by atoms with Gasteiger partial charge in [0.05, 0.1) is 18.4 Å². The summed E-state index contributed by atoms with van der Waals surface area (Å²) in [4.78, 5) is 18.4. The van der Waals surface area contributed by atoms with Gasteiger partial charge in [0.25, 0.3) is 0 Å². The Morgan fingerprint density at radius 2 is 2.00 bits per heavy atom. The van der Waals surface area contributed by atoms with Gasteiger partial charge in [-0.2, -0.15) is 0 Å². The molecule has 2 heterocycles. The third-order valence-corrected chi connectivity index (χ3v) is 4.90. The normalized spacial score (nSPS) is 10.9. The van der Waals surface area contributed by atoms with Crippen molar-refractivity contribution in [2.24, 2.45) is 0 Å². The number of aromatic nitrogens is 2. The van der Waals surface area contributed by atoms with E-state index in [0.29, 0.717) is 24.7 Å². The first-order valence-corrected chi connectivity index (χ1v) is 10.2. The SMILES string of the molecule is COc1cc(/C=C/C(=O)NCc2ccc(N(C)C)nc2)ccc1OCc1c(C)noc1C. The Kier molecular flexibility index (Phi) is 7.49. The van der Waals surface area contributed by atoms with Crippen molar-refractivity contribution in [3.63, 3.8) is 0 Å². The second kappa shape index (κ2) is 10.5. The van der Waals surface area contributed by atoms with Crippen LogP contribution in [-0.2, 0) is 17.9 Å². The maximum Gasteiger partial charge on any atom is 0.244 e. The maximum atomic E-state index is 12.2. The molecule has 0 fully saturated rings. The molecule has 0 atom stereocenters. The number of rotatable bonds is 9. The first kappa shape index (κ1) is 22.9. The van der Waals surface area contributed by atoms with E-state index >= 15 is 0 Å². The highest BCUT2D eigenvalue weighted by atomic mass is 16.5. The van der Waals surface area contributed by atoms with Crippen LogP contribution in [0.15, 0.2) is 47.1 Å². The summed E-state index contributed by atoms with van der Waals surface area (Å²) in [7, 11) is 5.44. The molecule has 3 aromatic rings. The lowest BCUT2D eigenvalue weighted by Crippen LogP contribution is -2.20. The van der Waals surface area contributed by atoms with Crippen LogP contribution in [0, 0.1) is 13.8 Å². The van der Waals surface area contributed by atoms with E-state index in [2.05, 4.69) is 15.5 Å². The number of benzene rings is 1. The molecule has 0 aliphatic heterocycles. The Morgan fingerprint density at radius 3 is 2.62 bits per heavy atom. The molecule has 0 aliphatic carbocycles. The minimum atomic E-state index is -0.195. The molecule has 8 nitrogen and oxygen atoms in total. The fraction of sp³-hybridized carbons (Fsp3) is 0.292. The van der Waals surface area contributed by atoms with Crippen LogP contribution in [-0.4, -0.2) is 37.3 Å². The van der Waals surface area contributed by atoms with Crippen molar-refractivity contribution in [2.75, 3.05) is 26.1 Å². The fourth-order valence-electron chi connectivity index (χ4n) is 2.97. The predicted octanol–water partition coefficient (Wildman–Crippen LogP) is 3.67. The molecule has 1 aromatic carbocycles. The zero-order valence-electron chi connectivity index (χ0n) is 19.0. The maximum absolute atomic E-state index is 12.2. The van der Waals surface area contributed by atoms with E-state index in [4.69, 9.17) is 14.0 Å². The number of nitrogens with one attached hydrogen (secondary N) is 1. The number of carbonyl (C=O) groups excluding carboxylic acids is 1. The number of ether oxygens (including phenoxy) is 2. The van der Waals surface area contributed by atoms with E-state index in [0.717, 1.165) is 34.0 Å². The monoisotopic (exact) mass is 436 g/mol. The van der Waals surface area contributed by atoms with E-state index in [1.807, 2.05) is 63.2 Å². The summed E-state index contributed by atoms with van der Waals surface area (Å²) in [6.07, 6.45) is 4.97. The molecule has 1 amide bonds. The summed E-state index contributed by atoms with van der Waals surface area (Å²) >= 11 is 0. The average Bonchev–Trinajstić information content (AvgIpc) is 3.12. The van der Waals surface area contributed by atoms with Crippen LogP contribution in [0.1, 0.15) is 28.1 Å². The number of hydrogen-bond acceptors (Lipinski definition) is 7. The highest BCUT2D eigenvalue weighted by Crippen LogP contribution is 2.30. The minimum Gasteiger partial charge on any atom is -0.493 e. The highest BCUT2D eigenvalue weighted by Gasteiger charge is 2.12. The van der Waals surface area contributed by atoms with Crippen LogP contribution in [0.5, 0.6) is 11.5 Å². The van der Waals surface area contributed by atoms with Crippen LogP contribution < -0.4 is 19.7 Å². The second-order valence-electron chi connectivity index (χ2n) is 7.47. The van der Waals surface area contributed by atoms with Gasteiger partial charge in [-0.15, -0.1) is 0 Å². The number of aryl methyl sites for hydroxylation is 2. The molecule has 2 aromatic heterocycles. The van der Waals surface area contributed by atoms with E-state index in [-0.39, 0.29) is 5.91 Å². The van der Waals surface area contributed by atoms with Crippen molar-refractivity contribution in [1.82, 2.24) is 15.5 Å². The highest BCUT2D eigenvalue weighted by molar-refractivity contribution is 5.91. The summed E-state index contributed by atoms with van der Waals surface area (Å²) in [6, 6.07) is 9.35. The number of hydrogen-bond donors (Lipinski definition) is 1. The molecule has 32 heavy (non-hydrogen) atoms. The molecule has 1 N–H and O–H groups in total. The van der Waals surface area contributed by atoms with Gasteiger partial charge in [0, 0.05) is 32.9 Å². The Hall–Kier alpha value is -3.81. The second-order valence-corrected chi connectivity index (χ2v) is 7.47. The number of methoxy groups -OCH3 is 1. The molecular weight excluding hydrogens is 408 g/mol. The Morgan fingerprint density at radius 1 is 1.19 bits per heavy atom. The molecule has 0 saturated heterocycles. The van der Waals surface area contributed by atoms with Gasteiger partial charge in [0.2, 0.25) is 5.91 Å². The molecule has 3 rings (SSSR count). The zero-order valence-corrected chi connectivity index (χ0v) is 19.0. The van der Waals surface area contributed by atoms with Gasteiger partial charge in [-0.3, -0.25) is 4.79 Å². The Bertz CT molecular complexity index is 1070. The van der Waals surface area contributed by atoms with E-state index in [9.17, 15) is 4.79 Å². The van der Waals surface area contributed by atoms with Gasteiger partial charge in [-0.05, 0) is 49.2 Å². The van der Waals surface area contributed by atoms with Crippen molar-refractivity contribution in [2.45, 2.75) is 27.0 Å². The Balaban J connectivity index is 1.57. The summed E-state index contributed by atoms with van der Waals surface area (Å²) < 4.78 is 16.5. The summed E-state index contributed by atoms with van der Waals surface area (Å²) in [5.74, 6) is 2.58. The van der Waals surface area contributed by atoms with Crippen molar-refractivity contribution in [3.8, 4) is 11.5 Å². The summed E-state index contributed by atoms with van der Waals surface area (Å²) in [5, 5.41) is 6.79. The number of anilines is 1. The molecule has 0 saturated carbocycles. The molecule has 0 spiro atoms. The van der Waals surface area contributed by atoms with Gasteiger partial charge in [-0.25, -0.2) is 4.98 Å². The first-order chi connectivity index (χ1) is 15.4. The van der Waals surface area contributed by atoms with Gasteiger partial charge in [-0.1, -0.05) is 17.3 Å². The van der Waals surface area contributed by atoms with Crippen LogP contribution in [0.2, 0.25) is 0 Å². The molecule has 0 unspecified atom stereocenters. The third-order valence-electron chi connectivity index (χ3n) is 4.90. The molecule has 168 valence electrons. The minimum absolute atomic E-state index is 0.195. The number of amides is 1. The fourth-order valence-corrected chi connectivity index (χ4v) is 2.97. The van der Waals surface area contributed by atoms with E-state index in [1.165, 1.54) is 6.08 Å². The quantitative estimate of drug-likeness (QED) is 0.512. The summed E-state index contributed by atoms with van der Waals surface area (Å²) in [5.41, 5.74) is 3.47.